The number of nitrogens with two attached hydrogens (primary N) is 1. The summed E-state index contributed by atoms with van der Waals surface area (Å²) in [6.45, 7) is 5.72. The molecule has 0 spiro atoms. The van der Waals surface area contributed by atoms with Crippen LogP contribution in [-0.2, 0) is 9.53 Å². The van der Waals surface area contributed by atoms with Gasteiger partial charge in [0.15, 0.2) is 0 Å². The third kappa shape index (κ3) is 2.08. The molecule has 0 aromatic heterocycles. The van der Waals surface area contributed by atoms with E-state index in [-0.39, 0.29) is 17.5 Å². The minimum Gasteiger partial charge on any atom is -0.460 e. The molecule has 3 nitrogen and oxygen atoms in total. The van der Waals surface area contributed by atoms with E-state index in [0.29, 0.717) is 17.9 Å². The first-order valence-corrected chi connectivity index (χ1v) is 5.37. The Kier molecular flexibility index (Phi) is 2.11. The predicted octanol–water partition coefficient (Wildman–Crippen LogP) is 1.31. The van der Waals surface area contributed by atoms with Crippen LogP contribution in [0.25, 0.3) is 0 Å². The van der Waals surface area contributed by atoms with Gasteiger partial charge in [-0.1, -0.05) is 0 Å². The molecule has 0 aromatic carbocycles. The molecular formula is C11H19NO2. The van der Waals surface area contributed by atoms with Crippen LogP contribution in [0.15, 0.2) is 0 Å². The Hall–Kier alpha value is -0.570. The van der Waals surface area contributed by atoms with Crippen molar-refractivity contribution in [2.45, 2.75) is 45.3 Å². The summed E-state index contributed by atoms with van der Waals surface area (Å²) >= 11 is 0. The fourth-order valence-electron chi connectivity index (χ4n) is 2.06. The van der Waals surface area contributed by atoms with Gasteiger partial charge < -0.3 is 10.5 Å². The first-order chi connectivity index (χ1) is 6.38. The van der Waals surface area contributed by atoms with Crippen LogP contribution < -0.4 is 5.73 Å². The number of esters is 1. The molecule has 0 amide bonds. The van der Waals surface area contributed by atoms with Crippen LogP contribution in [0.4, 0.5) is 0 Å². The second-order valence-corrected chi connectivity index (χ2v) is 5.60. The lowest BCUT2D eigenvalue weighted by atomic mass is 10.2. The van der Waals surface area contributed by atoms with E-state index in [1.807, 2.05) is 20.8 Å². The van der Waals surface area contributed by atoms with E-state index < -0.39 is 0 Å². The van der Waals surface area contributed by atoms with Gasteiger partial charge in [0.05, 0.1) is 5.92 Å². The summed E-state index contributed by atoms with van der Waals surface area (Å²) in [5, 5.41) is 0. The van der Waals surface area contributed by atoms with Gasteiger partial charge in [-0.15, -0.1) is 0 Å². The van der Waals surface area contributed by atoms with Gasteiger partial charge in [0.2, 0.25) is 0 Å². The van der Waals surface area contributed by atoms with E-state index >= 15 is 0 Å². The zero-order valence-electron chi connectivity index (χ0n) is 9.12. The summed E-state index contributed by atoms with van der Waals surface area (Å²) < 4.78 is 5.33. The van der Waals surface area contributed by atoms with Crippen LogP contribution in [0, 0.1) is 17.8 Å². The van der Waals surface area contributed by atoms with Gasteiger partial charge in [0, 0.05) is 6.04 Å². The lowest BCUT2D eigenvalue weighted by Gasteiger charge is -2.19. The summed E-state index contributed by atoms with van der Waals surface area (Å²) in [6, 6.07) is 0.354. The van der Waals surface area contributed by atoms with Gasteiger partial charge in [-0.25, -0.2) is 0 Å². The van der Waals surface area contributed by atoms with Crippen molar-refractivity contribution < 1.29 is 9.53 Å². The minimum atomic E-state index is -0.351. The molecule has 0 aliphatic heterocycles. The molecule has 0 aromatic rings. The second kappa shape index (κ2) is 2.96. The zero-order valence-corrected chi connectivity index (χ0v) is 9.12. The van der Waals surface area contributed by atoms with E-state index in [1.54, 1.807) is 0 Å². The van der Waals surface area contributed by atoms with Crippen LogP contribution >= 0.6 is 0 Å². The number of carbonyl (C=O) groups is 1. The van der Waals surface area contributed by atoms with Crippen molar-refractivity contribution in [3.63, 3.8) is 0 Å². The van der Waals surface area contributed by atoms with Crippen molar-refractivity contribution in [2.24, 2.45) is 23.5 Å². The van der Waals surface area contributed by atoms with E-state index in [1.165, 1.54) is 0 Å². The SMILES string of the molecule is CC(C)(C)OC(=O)C1CC1C1CC1N. The van der Waals surface area contributed by atoms with Crippen LogP contribution in [0.2, 0.25) is 0 Å². The lowest BCUT2D eigenvalue weighted by Crippen LogP contribution is -2.25. The molecule has 0 radical (unpaired) electrons. The topological polar surface area (TPSA) is 52.3 Å². The second-order valence-electron chi connectivity index (χ2n) is 5.60. The number of carbonyl (C=O) groups excluding carboxylic acids is 1. The summed E-state index contributed by atoms with van der Waals surface area (Å²) in [4.78, 5) is 11.6. The minimum absolute atomic E-state index is 0.0263. The molecule has 2 rings (SSSR count). The highest BCUT2D eigenvalue weighted by Crippen LogP contribution is 2.54. The predicted molar refractivity (Wildman–Crippen MR) is 53.5 cm³/mol. The average Bonchev–Trinajstić information content (AvgIpc) is 2.76. The molecule has 2 aliphatic carbocycles. The van der Waals surface area contributed by atoms with Gasteiger partial charge in [0.25, 0.3) is 0 Å². The zero-order chi connectivity index (χ0) is 10.5. The third-order valence-corrected chi connectivity index (χ3v) is 2.99. The van der Waals surface area contributed by atoms with E-state index in [0.717, 1.165) is 12.8 Å². The Morgan fingerprint density at radius 1 is 1.29 bits per heavy atom. The maximum absolute atomic E-state index is 11.6. The van der Waals surface area contributed by atoms with Gasteiger partial charge in [0.1, 0.15) is 5.60 Å². The van der Waals surface area contributed by atoms with Crippen molar-refractivity contribution >= 4 is 5.97 Å². The molecule has 2 fully saturated rings. The van der Waals surface area contributed by atoms with Crippen molar-refractivity contribution in [3.05, 3.63) is 0 Å². The molecular weight excluding hydrogens is 178 g/mol. The average molecular weight is 197 g/mol. The molecule has 2 aliphatic rings. The Balaban J connectivity index is 1.79. The molecule has 0 heterocycles. The normalized spacial score (nSPS) is 40.6. The highest BCUT2D eigenvalue weighted by molar-refractivity contribution is 5.76. The van der Waals surface area contributed by atoms with Crippen LogP contribution in [0.1, 0.15) is 33.6 Å². The molecule has 14 heavy (non-hydrogen) atoms. The molecule has 4 unspecified atom stereocenters. The van der Waals surface area contributed by atoms with Gasteiger partial charge in [-0.3, -0.25) is 4.79 Å². The summed E-state index contributed by atoms with van der Waals surface area (Å²) in [7, 11) is 0. The molecule has 0 bridgehead atoms. The molecule has 2 N–H and O–H groups in total. The smallest absolute Gasteiger partial charge is 0.309 e. The molecule has 3 heteroatoms. The summed E-state index contributed by atoms with van der Waals surface area (Å²) in [6.07, 6.45) is 2.09. The monoisotopic (exact) mass is 197 g/mol. The maximum Gasteiger partial charge on any atom is 0.309 e. The van der Waals surface area contributed by atoms with Gasteiger partial charge in [-0.05, 0) is 45.4 Å². The maximum atomic E-state index is 11.6. The fourth-order valence-corrected chi connectivity index (χ4v) is 2.06. The van der Waals surface area contributed by atoms with Crippen molar-refractivity contribution in [3.8, 4) is 0 Å². The Morgan fingerprint density at radius 2 is 1.86 bits per heavy atom. The summed E-state index contributed by atoms with van der Waals surface area (Å²) in [5.41, 5.74) is 5.39. The van der Waals surface area contributed by atoms with E-state index in [2.05, 4.69) is 0 Å². The number of rotatable bonds is 2. The number of hydrogen-bond donors (Lipinski definition) is 1. The van der Waals surface area contributed by atoms with Crippen LogP contribution in [-0.4, -0.2) is 17.6 Å². The third-order valence-electron chi connectivity index (χ3n) is 2.99. The number of hydrogen-bond acceptors (Lipinski definition) is 3. The van der Waals surface area contributed by atoms with Crippen molar-refractivity contribution in [2.75, 3.05) is 0 Å². The Morgan fingerprint density at radius 3 is 2.29 bits per heavy atom. The Bertz CT molecular complexity index is 257. The molecule has 2 saturated carbocycles. The van der Waals surface area contributed by atoms with E-state index in [9.17, 15) is 4.79 Å². The number of ether oxygens (including phenoxy) is 1. The first kappa shape index (κ1) is 9.97. The first-order valence-electron chi connectivity index (χ1n) is 5.37. The molecule has 4 atom stereocenters. The van der Waals surface area contributed by atoms with Gasteiger partial charge >= 0.3 is 5.97 Å². The largest absolute Gasteiger partial charge is 0.460 e. The standard InChI is InChI=1S/C11H19NO2/c1-11(2,3)14-10(13)8-4-6(8)7-5-9(7)12/h6-9H,4-5,12H2,1-3H3. The van der Waals surface area contributed by atoms with Crippen LogP contribution in [0.3, 0.4) is 0 Å². The van der Waals surface area contributed by atoms with Crippen molar-refractivity contribution in [1.29, 1.82) is 0 Å². The highest BCUT2D eigenvalue weighted by Gasteiger charge is 2.56. The quantitative estimate of drug-likeness (QED) is 0.679. The highest BCUT2D eigenvalue weighted by atomic mass is 16.6. The fraction of sp³-hybridized carbons (Fsp3) is 0.909. The Labute approximate surface area is 85.0 Å². The lowest BCUT2D eigenvalue weighted by molar-refractivity contribution is -0.156. The van der Waals surface area contributed by atoms with E-state index in [4.69, 9.17) is 10.5 Å². The summed E-state index contributed by atoms with van der Waals surface area (Å²) in [5.74, 6) is 1.25. The van der Waals surface area contributed by atoms with Crippen LogP contribution in [0.5, 0.6) is 0 Å². The molecule has 80 valence electrons. The molecule has 0 saturated heterocycles. The van der Waals surface area contributed by atoms with Crippen molar-refractivity contribution in [1.82, 2.24) is 0 Å². The van der Waals surface area contributed by atoms with Gasteiger partial charge in [-0.2, -0.15) is 0 Å².